The van der Waals surface area contributed by atoms with Crippen LogP contribution in [0, 0.1) is 27.7 Å². The van der Waals surface area contributed by atoms with Gasteiger partial charge in [0.15, 0.2) is 0 Å². The molecule has 0 aliphatic rings. The third-order valence-corrected chi connectivity index (χ3v) is 4.24. The summed E-state index contributed by atoms with van der Waals surface area (Å²) in [6.45, 7) is 11.1. The van der Waals surface area contributed by atoms with Crippen LogP contribution in [-0.2, 0) is 6.61 Å². The lowest BCUT2D eigenvalue weighted by atomic mass is 10.1. The molecule has 0 bridgehead atoms. The Morgan fingerprint density at radius 2 is 1.68 bits per heavy atom. The number of likely N-dealkylation sites (N-methyl/N-ethyl adjacent to an activating group) is 1. The molecule has 0 saturated heterocycles. The van der Waals surface area contributed by atoms with Crippen molar-refractivity contribution in [3.8, 4) is 11.6 Å². The minimum absolute atomic E-state index is 0.0481. The fourth-order valence-corrected chi connectivity index (χ4v) is 3.16. The highest BCUT2D eigenvalue weighted by Gasteiger charge is 2.18. The molecule has 0 unspecified atom stereocenters. The Bertz CT molecular complexity index is 721. The van der Waals surface area contributed by atoms with Crippen molar-refractivity contribution >= 4 is 5.69 Å². The molecule has 2 aromatic rings. The van der Waals surface area contributed by atoms with E-state index >= 15 is 0 Å². The average Bonchev–Trinajstić information content (AvgIpc) is 2.55. The Morgan fingerprint density at radius 3 is 2.20 bits per heavy atom. The molecule has 0 saturated carbocycles. The molecule has 5 heteroatoms. The number of ether oxygens (including phenoxy) is 1. The van der Waals surface area contributed by atoms with Gasteiger partial charge in [-0.25, -0.2) is 4.98 Å². The molecule has 0 spiro atoms. The Kier molecular flexibility index (Phi) is 6.39. The van der Waals surface area contributed by atoms with Crippen LogP contribution in [0.25, 0.3) is 0 Å². The van der Waals surface area contributed by atoms with Crippen LogP contribution in [0.15, 0.2) is 18.2 Å². The molecule has 0 radical (unpaired) electrons. The summed E-state index contributed by atoms with van der Waals surface area (Å²) in [5.41, 5.74) is 5.55. The van der Waals surface area contributed by atoms with Crippen molar-refractivity contribution in [1.82, 2.24) is 4.98 Å². The number of rotatable bonds is 7. The van der Waals surface area contributed by atoms with Gasteiger partial charge in [0.2, 0.25) is 5.88 Å². The van der Waals surface area contributed by atoms with E-state index in [-0.39, 0.29) is 13.2 Å². The largest absolute Gasteiger partial charge is 0.438 e. The topological polar surface area (TPSA) is 65.8 Å². The van der Waals surface area contributed by atoms with Crippen LogP contribution in [0.4, 0.5) is 5.69 Å². The number of aliphatic hydroxyl groups excluding tert-OH is 2. The number of benzene rings is 1. The predicted octanol–water partition coefficient (Wildman–Crippen LogP) is 3.42. The monoisotopic (exact) mass is 344 g/mol. The van der Waals surface area contributed by atoms with Crippen LogP contribution in [-0.4, -0.2) is 34.9 Å². The van der Waals surface area contributed by atoms with Gasteiger partial charge in [0.05, 0.1) is 18.8 Å². The van der Waals surface area contributed by atoms with Crippen molar-refractivity contribution < 1.29 is 14.9 Å². The molecule has 0 fully saturated rings. The zero-order valence-corrected chi connectivity index (χ0v) is 15.8. The second-order valence-electron chi connectivity index (χ2n) is 6.36. The summed E-state index contributed by atoms with van der Waals surface area (Å²) in [4.78, 5) is 6.53. The summed E-state index contributed by atoms with van der Waals surface area (Å²) in [6.07, 6.45) is 0. The lowest BCUT2D eigenvalue weighted by Crippen LogP contribution is -2.27. The fraction of sp³-hybridized carbons (Fsp3) is 0.450. The van der Waals surface area contributed by atoms with E-state index in [1.165, 1.54) is 5.56 Å². The van der Waals surface area contributed by atoms with E-state index in [1.54, 1.807) is 0 Å². The van der Waals surface area contributed by atoms with E-state index in [0.717, 1.165) is 34.8 Å². The summed E-state index contributed by atoms with van der Waals surface area (Å²) in [5.74, 6) is 1.19. The van der Waals surface area contributed by atoms with Gasteiger partial charge < -0.3 is 19.8 Å². The number of aliphatic hydroxyl groups is 2. The molecule has 136 valence electrons. The zero-order chi connectivity index (χ0) is 18.6. The SMILES string of the molecule is CCN(CCO)c1cc(C)nc(Oc2c(C)cc(C)cc2C)c1CO. The van der Waals surface area contributed by atoms with E-state index < -0.39 is 0 Å². The molecular formula is C20H28N2O3. The lowest BCUT2D eigenvalue weighted by molar-refractivity contribution is 0.274. The van der Waals surface area contributed by atoms with Gasteiger partial charge in [-0.05, 0) is 51.8 Å². The van der Waals surface area contributed by atoms with Crippen molar-refractivity contribution in [2.24, 2.45) is 0 Å². The summed E-state index contributed by atoms with van der Waals surface area (Å²) in [7, 11) is 0. The van der Waals surface area contributed by atoms with Crippen molar-refractivity contribution in [2.75, 3.05) is 24.6 Å². The number of aromatic nitrogens is 1. The molecule has 0 aliphatic carbocycles. The normalized spacial score (nSPS) is 10.8. The van der Waals surface area contributed by atoms with Gasteiger partial charge in [-0.2, -0.15) is 0 Å². The van der Waals surface area contributed by atoms with Crippen molar-refractivity contribution in [1.29, 1.82) is 0 Å². The van der Waals surface area contributed by atoms with Gasteiger partial charge in [0, 0.05) is 24.5 Å². The minimum atomic E-state index is -0.177. The quantitative estimate of drug-likeness (QED) is 0.806. The average molecular weight is 344 g/mol. The Hall–Kier alpha value is -2.11. The standard InChI is InChI=1S/C20H28N2O3/c1-6-22(7-8-23)18-11-16(5)21-20(17(18)12-24)25-19-14(3)9-13(2)10-15(19)4/h9-11,23-24H,6-8,12H2,1-5H3. The number of nitrogens with zero attached hydrogens (tertiary/aromatic N) is 2. The molecule has 0 aliphatic heterocycles. The molecular weight excluding hydrogens is 316 g/mol. The number of aryl methyl sites for hydroxylation is 4. The highest BCUT2D eigenvalue weighted by molar-refractivity contribution is 5.59. The first-order valence-electron chi connectivity index (χ1n) is 8.64. The fourth-order valence-electron chi connectivity index (χ4n) is 3.16. The lowest BCUT2D eigenvalue weighted by Gasteiger charge is -2.26. The molecule has 1 heterocycles. The summed E-state index contributed by atoms with van der Waals surface area (Å²) < 4.78 is 6.15. The first-order chi connectivity index (χ1) is 11.9. The van der Waals surface area contributed by atoms with Crippen LogP contribution in [0.3, 0.4) is 0 Å². The van der Waals surface area contributed by atoms with Gasteiger partial charge >= 0.3 is 0 Å². The third-order valence-electron chi connectivity index (χ3n) is 4.24. The minimum Gasteiger partial charge on any atom is -0.438 e. The maximum Gasteiger partial charge on any atom is 0.227 e. The van der Waals surface area contributed by atoms with Crippen LogP contribution in [0.5, 0.6) is 11.6 Å². The second-order valence-corrected chi connectivity index (χ2v) is 6.36. The summed E-state index contributed by atoms with van der Waals surface area (Å²) in [6, 6.07) is 6.07. The number of hydrogen-bond donors (Lipinski definition) is 2. The molecule has 1 aromatic carbocycles. The highest BCUT2D eigenvalue weighted by Crippen LogP contribution is 2.35. The molecule has 25 heavy (non-hydrogen) atoms. The van der Waals surface area contributed by atoms with E-state index in [2.05, 4.69) is 24.0 Å². The van der Waals surface area contributed by atoms with Gasteiger partial charge in [-0.1, -0.05) is 17.7 Å². The van der Waals surface area contributed by atoms with Crippen LogP contribution in [0.2, 0.25) is 0 Å². The van der Waals surface area contributed by atoms with E-state index in [1.807, 2.05) is 38.7 Å². The van der Waals surface area contributed by atoms with Crippen molar-refractivity contribution in [2.45, 2.75) is 41.2 Å². The first-order valence-corrected chi connectivity index (χ1v) is 8.64. The summed E-state index contributed by atoms with van der Waals surface area (Å²) >= 11 is 0. The van der Waals surface area contributed by atoms with Crippen LogP contribution >= 0.6 is 0 Å². The van der Waals surface area contributed by atoms with Crippen LogP contribution < -0.4 is 9.64 Å². The molecule has 2 N–H and O–H groups in total. The van der Waals surface area contributed by atoms with Crippen molar-refractivity contribution in [3.05, 3.63) is 46.1 Å². The van der Waals surface area contributed by atoms with Gasteiger partial charge in [0.1, 0.15) is 5.75 Å². The Morgan fingerprint density at radius 1 is 1.04 bits per heavy atom. The maximum absolute atomic E-state index is 9.95. The third kappa shape index (κ3) is 4.30. The highest BCUT2D eigenvalue weighted by atomic mass is 16.5. The second kappa shape index (κ2) is 8.32. The summed E-state index contributed by atoms with van der Waals surface area (Å²) in [5, 5.41) is 19.3. The van der Waals surface area contributed by atoms with Crippen LogP contribution in [0.1, 0.15) is 34.9 Å². The van der Waals surface area contributed by atoms with Gasteiger partial charge in [-0.3, -0.25) is 0 Å². The predicted molar refractivity (Wildman–Crippen MR) is 101 cm³/mol. The Balaban J connectivity index is 2.53. The van der Waals surface area contributed by atoms with E-state index in [0.29, 0.717) is 18.0 Å². The molecule has 2 rings (SSSR count). The smallest absolute Gasteiger partial charge is 0.227 e. The van der Waals surface area contributed by atoms with E-state index in [9.17, 15) is 10.2 Å². The van der Waals surface area contributed by atoms with E-state index in [4.69, 9.17) is 4.74 Å². The molecule has 5 nitrogen and oxygen atoms in total. The maximum atomic E-state index is 9.95. The number of pyridine rings is 1. The van der Waals surface area contributed by atoms with Gasteiger partial charge in [0.25, 0.3) is 0 Å². The van der Waals surface area contributed by atoms with Crippen molar-refractivity contribution in [3.63, 3.8) is 0 Å². The molecule has 0 atom stereocenters. The zero-order valence-electron chi connectivity index (χ0n) is 15.8. The Labute approximate surface area is 149 Å². The first kappa shape index (κ1) is 19.2. The number of hydrogen-bond acceptors (Lipinski definition) is 5. The van der Waals surface area contributed by atoms with Gasteiger partial charge in [-0.15, -0.1) is 0 Å². The molecule has 1 aromatic heterocycles. The number of anilines is 1. The molecule has 0 amide bonds.